The fraction of sp³-hybridized carbons (Fsp3) is 0. The number of aromatic nitrogens is 2. The topological polar surface area (TPSA) is 25.8 Å². The summed E-state index contributed by atoms with van der Waals surface area (Å²) in [6.07, 6.45) is 1.79. The minimum absolute atomic E-state index is 0.453. The van der Waals surface area contributed by atoms with Gasteiger partial charge in [-0.25, -0.2) is 9.97 Å². The molecule has 0 aliphatic carbocycles. The molecule has 0 aliphatic heterocycles. The molecule has 0 radical (unpaired) electrons. The number of pyridine rings is 2. The van der Waals surface area contributed by atoms with Crippen molar-refractivity contribution in [3.63, 3.8) is 0 Å². The highest BCUT2D eigenvalue weighted by atomic mass is 35.5. The second-order valence-electron chi connectivity index (χ2n) is 5.31. The van der Waals surface area contributed by atoms with E-state index in [1.54, 1.807) is 6.20 Å². The first-order chi connectivity index (χ1) is 11.3. The molecule has 4 rings (SSSR count). The van der Waals surface area contributed by atoms with Gasteiger partial charge in [0.15, 0.2) is 0 Å². The molecular formula is C20H13ClN2. The summed E-state index contributed by atoms with van der Waals surface area (Å²) < 4.78 is 0. The van der Waals surface area contributed by atoms with Gasteiger partial charge in [0.2, 0.25) is 0 Å². The molecule has 3 heteroatoms. The number of benzene rings is 2. The molecular weight excluding hydrogens is 304 g/mol. The third-order valence-corrected chi connectivity index (χ3v) is 4.02. The first kappa shape index (κ1) is 13.9. The average molecular weight is 317 g/mol. The molecule has 4 aromatic rings. The van der Waals surface area contributed by atoms with Crippen molar-refractivity contribution >= 4 is 22.5 Å². The Morgan fingerprint density at radius 3 is 2.09 bits per heavy atom. The predicted octanol–water partition coefficient (Wildman–Crippen LogP) is 5.62. The first-order valence-electron chi connectivity index (χ1n) is 7.38. The van der Waals surface area contributed by atoms with Gasteiger partial charge < -0.3 is 0 Å². The molecule has 0 bridgehead atoms. The number of fused-ring (bicyclic) bond motifs is 1. The summed E-state index contributed by atoms with van der Waals surface area (Å²) in [5.74, 6) is 0. The second kappa shape index (κ2) is 5.82. The zero-order chi connectivity index (χ0) is 15.6. The summed E-state index contributed by atoms with van der Waals surface area (Å²) in [4.78, 5) is 8.99. The molecule has 0 N–H and O–H groups in total. The molecule has 23 heavy (non-hydrogen) atoms. The van der Waals surface area contributed by atoms with E-state index in [2.05, 4.69) is 35.3 Å². The van der Waals surface area contributed by atoms with E-state index in [9.17, 15) is 0 Å². The minimum Gasteiger partial charge on any atom is -0.248 e. The van der Waals surface area contributed by atoms with Crippen molar-refractivity contribution in [1.29, 1.82) is 0 Å². The lowest BCUT2D eigenvalue weighted by Crippen LogP contribution is -1.91. The third-order valence-electron chi connectivity index (χ3n) is 3.82. The summed E-state index contributed by atoms with van der Waals surface area (Å²) in [5, 5.41) is 1.45. The number of nitrogens with zero attached hydrogens (tertiary/aromatic N) is 2. The van der Waals surface area contributed by atoms with Gasteiger partial charge in [-0.15, -0.1) is 0 Å². The van der Waals surface area contributed by atoms with Crippen LogP contribution in [-0.4, -0.2) is 9.97 Å². The van der Waals surface area contributed by atoms with Crippen molar-refractivity contribution in [2.75, 3.05) is 0 Å². The quantitative estimate of drug-likeness (QED) is 0.449. The van der Waals surface area contributed by atoms with Crippen LogP contribution in [0.1, 0.15) is 0 Å². The highest BCUT2D eigenvalue weighted by Gasteiger charge is 2.10. The van der Waals surface area contributed by atoms with E-state index in [0.29, 0.717) is 5.15 Å². The SMILES string of the molecule is Clc1cc2nc(-c3ccccc3)cc(-c3ccccc3)c2cn1. The monoisotopic (exact) mass is 316 g/mol. The zero-order valence-electron chi connectivity index (χ0n) is 12.3. The molecule has 0 unspecified atom stereocenters. The molecule has 0 amide bonds. The van der Waals surface area contributed by atoms with E-state index in [0.717, 1.165) is 33.3 Å². The molecule has 0 saturated heterocycles. The number of halogens is 1. The van der Waals surface area contributed by atoms with Crippen molar-refractivity contribution in [3.8, 4) is 22.4 Å². The van der Waals surface area contributed by atoms with Gasteiger partial charge in [0.05, 0.1) is 11.2 Å². The van der Waals surface area contributed by atoms with Crippen LogP contribution >= 0.6 is 11.6 Å². The van der Waals surface area contributed by atoms with Crippen LogP contribution in [0.25, 0.3) is 33.3 Å². The van der Waals surface area contributed by atoms with Crippen LogP contribution in [0.15, 0.2) is 79.0 Å². The highest BCUT2D eigenvalue weighted by Crippen LogP contribution is 2.32. The Hall–Kier alpha value is -2.71. The molecule has 0 fully saturated rings. The van der Waals surface area contributed by atoms with E-state index < -0.39 is 0 Å². The molecule has 0 aliphatic rings. The molecule has 0 atom stereocenters. The van der Waals surface area contributed by atoms with E-state index >= 15 is 0 Å². The summed E-state index contributed by atoms with van der Waals surface area (Å²) in [5.41, 5.74) is 5.11. The van der Waals surface area contributed by atoms with Crippen molar-refractivity contribution in [2.24, 2.45) is 0 Å². The normalized spacial score (nSPS) is 10.8. The molecule has 0 saturated carbocycles. The smallest absolute Gasteiger partial charge is 0.131 e. The van der Waals surface area contributed by atoms with Crippen LogP contribution in [-0.2, 0) is 0 Å². The van der Waals surface area contributed by atoms with E-state index in [4.69, 9.17) is 16.6 Å². The second-order valence-corrected chi connectivity index (χ2v) is 5.70. The van der Waals surface area contributed by atoms with Gasteiger partial charge in [-0.1, -0.05) is 72.3 Å². The molecule has 2 nitrogen and oxygen atoms in total. The Morgan fingerprint density at radius 2 is 1.39 bits per heavy atom. The Kier molecular flexibility index (Phi) is 3.52. The van der Waals surface area contributed by atoms with Crippen LogP contribution in [0.3, 0.4) is 0 Å². The number of hydrogen-bond acceptors (Lipinski definition) is 2. The Labute approximate surface area is 139 Å². The van der Waals surface area contributed by atoms with E-state index in [-0.39, 0.29) is 0 Å². The van der Waals surface area contributed by atoms with E-state index in [1.807, 2.05) is 42.5 Å². The van der Waals surface area contributed by atoms with E-state index in [1.165, 1.54) is 0 Å². The van der Waals surface area contributed by atoms with Gasteiger partial charge in [-0.2, -0.15) is 0 Å². The standard InChI is InChI=1S/C20H13ClN2/c21-20-12-19-17(13-22-20)16(14-7-3-1-4-8-14)11-18(23-19)15-9-5-2-6-10-15/h1-13H. The van der Waals surface area contributed by atoms with Gasteiger partial charge in [0.1, 0.15) is 5.15 Å². The molecule has 2 heterocycles. The van der Waals surface area contributed by atoms with Gasteiger partial charge in [0, 0.05) is 23.2 Å². The van der Waals surface area contributed by atoms with Crippen LogP contribution in [0, 0.1) is 0 Å². The average Bonchev–Trinajstić information content (AvgIpc) is 2.62. The van der Waals surface area contributed by atoms with Gasteiger partial charge >= 0.3 is 0 Å². The van der Waals surface area contributed by atoms with Crippen molar-refractivity contribution in [3.05, 3.63) is 84.1 Å². The maximum atomic E-state index is 6.06. The lowest BCUT2D eigenvalue weighted by atomic mass is 9.99. The highest BCUT2D eigenvalue weighted by molar-refractivity contribution is 6.30. The van der Waals surface area contributed by atoms with Gasteiger partial charge in [-0.05, 0) is 17.2 Å². The van der Waals surface area contributed by atoms with Crippen LogP contribution in [0.5, 0.6) is 0 Å². The summed E-state index contributed by atoms with van der Waals surface area (Å²) >= 11 is 6.06. The lowest BCUT2D eigenvalue weighted by molar-refractivity contribution is 1.32. The maximum Gasteiger partial charge on any atom is 0.131 e. The van der Waals surface area contributed by atoms with Crippen molar-refractivity contribution < 1.29 is 0 Å². The molecule has 0 spiro atoms. The first-order valence-corrected chi connectivity index (χ1v) is 7.76. The fourth-order valence-corrected chi connectivity index (χ4v) is 2.86. The van der Waals surface area contributed by atoms with Crippen LogP contribution in [0.4, 0.5) is 0 Å². The predicted molar refractivity (Wildman–Crippen MR) is 95.4 cm³/mol. The summed E-state index contributed by atoms with van der Waals surface area (Å²) in [6.45, 7) is 0. The van der Waals surface area contributed by atoms with Crippen LogP contribution < -0.4 is 0 Å². The number of hydrogen-bond donors (Lipinski definition) is 0. The molecule has 110 valence electrons. The fourth-order valence-electron chi connectivity index (χ4n) is 2.71. The molecule has 2 aromatic carbocycles. The minimum atomic E-state index is 0.453. The summed E-state index contributed by atoms with van der Waals surface area (Å²) in [7, 11) is 0. The number of rotatable bonds is 2. The Balaban J connectivity index is 2.03. The van der Waals surface area contributed by atoms with Crippen molar-refractivity contribution in [1.82, 2.24) is 9.97 Å². The van der Waals surface area contributed by atoms with Crippen LogP contribution in [0.2, 0.25) is 5.15 Å². The van der Waals surface area contributed by atoms with Gasteiger partial charge in [-0.3, -0.25) is 0 Å². The Morgan fingerprint density at radius 1 is 0.739 bits per heavy atom. The largest absolute Gasteiger partial charge is 0.248 e. The summed E-state index contributed by atoms with van der Waals surface area (Å²) in [6, 6.07) is 24.4. The van der Waals surface area contributed by atoms with Gasteiger partial charge in [0.25, 0.3) is 0 Å². The lowest BCUT2D eigenvalue weighted by Gasteiger charge is -2.10. The van der Waals surface area contributed by atoms with Crippen molar-refractivity contribution in [2.45, 2.75) is 0 Å². The Bertz CT molecular complexity index is 967. The zero-order valence-corrected chi connectivity index (χ0v) is 13.0. The molecule has 2 aromatic heterocycles. The maximum absolute atomic E-state index is 6.06. The third kappa shape index (κ3) is 2.69.